The predicted octanol–water partition coefficient (Wildman–Crippen LogP) is 2.54. The second-order valence-corrected chi connectivity index (χ2v) is 5.92. The maximum Gasteiger partial charge on any atom is 0.134 e. The molecule has 0 radical (unpaired) electrons. The van der Waals surface area contributed by atoms with Crippen LogP contribution in [0.25, 0.3) is 11.0 Å². The summed E-state index contributed by atoms with van der Waals surface area (Å²) >= 11 is 0. The number of fused-ring (bicyclic) bond motifs is 1. The lowest BCUT2D eigenvalue weighted by atomic mass is 10.1. The van der Waals surface area contributed by atoms with Crippen LogP contribution >= 0.6 is 0 Å². The fourth-order valence-corrected chi connectivity index (χ4v) is 2.63. The second-order valence-electron chi connectivity index (χ2n) is 5.92. The lowest BCUT2D eigenvalue weighted by Crippen LogP contribution is -2.24. The molecule has 0 unspecified atom stereocenters. The number of hydrogen-bond acceptors (Lipinski definition) is 4. The Hall–Kier alpha value is -1.36. The van der Waals surface area contributed by atoms with Crippen molar-refractivity contribution >= 4 is 11.0 Å². The zero-order chi connectivity index (χ0) is 15.2. The molecule has 0 saturated carbocycles. The van der Waals surface area contributed by atoms with E-state index in [4.69, 9.17) is 4.42 Å². The van der Waals surface area contributed by atoms with E-state index in [0.29, 0.717) is 0 Å². The van der Waals surface area contributed by atoms with Gasteiger partial charge in [-0.3, -0.25) is 0 Å². The summed E-state index contributed by atoms with van der Waals surface area (Å²) in [7, 11) is 8.38. The highest BCUT2D eigenvalue weighted by atomic mass is 16.3. The SMILES string of the molecule is CNCc1oc2ccccc2c1CN(C)CCCN(C)C. The number of hydrogen-bond donors (Lipinski definition) is 1. The Bertz CT molecular complexity index is 562. The van der Waals surface area contributed by atoms with E-state index in [9.17, 15) is 0 Å². The van der Waals surface area contributed by atoms with Gasteiger partial charge in [0.2, 0.25) is 0 Å². The molecule has 0 spiro atoms. The maximum atomic E-state index is 5.99. The first kappa shape index (κ1) is 16.0. The van der Waals surface area contributed by atoms with E-state index in [0.717, 1.165) is 37.5 Å². The fraction of sp³-hybridized carbons (Fsp3) is 0.529. The zero-order valence-electron chi connectivity index (χ0n) is 13.6. The van der Waals surface area contributed by atoms with Gasteiger partial charge in [0.05, 0.1) is 6.54 Å². The molecular weight excluding hydrogens is 262 g/mol. The second kappa shape index (κ2) is 7.59. The van der Waals surface area contributed by atoms with Crippen LogP contribution in [-0.2, 0) is 13.1 Å². The number of furan rings is 1. The van der Waals surface area contributed by atoms with Crippen molar-refractivity contribution in [1.29, 1.82) is 0 Å². The Morgan fingerprint density at radius 1 is 1.10 bits per heavy atom. The summed E-state index contributed by atoms with van der Waals surface area (Å²) in [6.45, 7) is 3.92. The van der Waals surface area contributed by atoms with E-state index >= 15 is 0 Å². The monoisotopic (exact) mass is 289 g/mol. The van der Waals surface area contributed by atoms with Crippen LogP contribution in [0.4, 0.5) is 0 Å². The molecule has 0 fully saturated rings. The van der Waals surface area contributed by atoms with Crippen molar-refractivity contribution in [3.05, 3.63) is 35.6 Å². The largest absolute Gasteiger partial charge is 0.459 e. The molecular formula is C17H27N3O. The first-order valence-electron chi connectivity index (χ1n) is 7.59. The van der Waals surface area contributed by atoms with E-state index in [1.807, 2.05) is 19.2 Å². The summed E-state index contributed by atoms with van der Waals surface area (Å²) in [5.74, 6) is 1.05. The van der Waals surface area contributed by atoms with Crippen LogP contribution in [0.15, 0.2) is 28.7 Å². The van der Waals surface area contributed by atoms with Crippen molar-refractivity contribution in [3.8, 4) is 0 Å². The van der Waals surface area contributed by atoms with E-state index in [1.165, 1.54) is 17.4 Å². The van der Waals surface area contributed by atoms with E-state index in [1.54, 1.807) is 0 Å². The Labute approximate surface area is 127 Å². The van der Waals surface area contributed by atoms with Gasteiger partial charge in [-0.25, -0.2) is 0 Å². The molecule has 116 valence electrons. The Kier molecular flexibility index (Phi) is 5.79. The minimum Gasteiger partial charge on any atom is -0.459 e. The fourth-order valence-electron chi connectivity index (χ4n) is 2.63. The highest BCUT2D eigenvalue weighted by Gasteiger charge is 2.14. The third kappa shape index (κ3) is 4.30. The van der Waals surface area contributed by atoms with Crippen LogP contribution in [0.2, 0.25) is 0 Å². The molecule has 0 amide bonds. The molecule has 0 aliphatic heterocycles. The topological polar surface area (TPSA) is 31.7 Å². The van der Waals surface area contributed by atoms with Crippen molar-refractivity contribution in [1.82, 2.24) is 15.1 Å². The summed E-state index contributed by atoms with van der Waals surface area (Å²) in [4.78, 5) is 4.60. The normalized spacial score (nSPS) is 11.9. The first-order valence-corrected chi connectivity index (χ1v) is 7.59. The van der Waals surface area contributed by atoms with Gasteiger partial charge in [0.1, 0.15) is 11.3 Å². The molecule has 4 heteroatoms. The minimum atomic E-state index is 0.773. The minimum absolute atomic E-state index is 0.773. The molecule has 1 N–H and O–H groups in total. The van der Waals surface area contributed by atoms with Crippen molar-refractivity contribution in [2.75, 3.05) is 41.3 Å². The Morgan fingerprint density at radius 3 is 2.57 bits per heavy atom. The molecule has 1 heterocycles. The number of nitrogens with one attached hydrogen (secondary N) is 1. The molecule has 4 nitrogen and oxygen atoms in total. The Morgan fingerprint density at radius 2 is 1.86 bits per heavy atom. The van der Waals surface area contributed by atoms with Gasteiger partial charge in [0, 0.05) is 17.5 Å². The van der Waals surface area contributed by atoms with Crippen molar-refractivity contribution in [2.45, 2.75) is 19.5 Å². The molecule has 2 aromatic rings. The highest BCUT2D eigenvalue weighted by Crippen LogP contribution is 2.26. The van der Waals surface area contributed by atoms with Crippen molar-refractivity contribution in [2.24, 2.45) is 0 Å². The van der Waals surface area contributed by atoms with Crippen LogP contribution in [0.3, 0.4) is 0 Å². The summed E-state index contributed by atoms with van der Waals surface area (Å²) < 4.78 is 5.99. The molecule has 2 rings (SSSR count). The van der Waals surface area contributed by atoms with Crippen LogP contribution < -0.4 is 5.32 Å². The number of nitrogens with zero attached hydrogens (tertiary/aromatic N) is 2. The molecule has 0 saturated heterocycles. The van der Waals surface area contributed by atoms with Gasteiger partial charge in [-0.2, -0.15) is 0 Å². The van der Waals surface area contributed by atoms with Gasteiger partial charge < -0.3 is 19.5 Å². The van der Waals surface area contributed by atoms with E-state index < -0.39 is 0 Å². The average molecular weight is 289 g/mol. The summed E-state index contributed by atoms with van der Waals surface area (Å²) in [5, 5.41) is 4.44. The number of para-hydroxylation sites is 1. The molecule has 0 atom stereocenters. The predicted molar refractivity (Wildman–Crippen MR) is 88.5 cm³/mol. The quantitative estimate of drug-likeness (QED) is 0.809. The maximum absolute atomic E-state index is 5.99. The molecule has 0 aliphatic rings. The summed E-state index contributed by atoms with van der Waals surface area (Å²) in [6, 6.07) is 8.31. The smallest absolute Gasteiger partial charge is 0.134 e. The van der Waals surface area contributed by atoms with Crippen molar-refractivity contribution < 1.29 is 4.42 Å². The van der Waals surface area contributed by atoms with Gasteiger partial charge in [0.15, 0.2) is 0 Å². The van der Waals surface area contributed by atoms with E-state index in [-0.39, 0.29) is 0 Å². The molecule has 0 aliphatic carbocycles. The van der Waals surface area contributed by atoms with Crippen LogP contribution in [0, 0.1) is 0 Å². The third-order valence-corrected chi connectivity index (χ3v) is 3.69. The molecule has 1 aromatic heterocycles. The highest BCUT2D eigenvalue weighted by molar-refractivity contribution is 5.82. The van der Waals surface area contributed by atoms with Crippen LogP contribution in [0.1, 0.15) is 17.7 Å². The van der Waals surface area contributed by atoms with Gasteiger partial charge in [-0.1, -0.05) is 18.2 Å². The van der Waals surface area contributed by atoms with Gasteiger partial charge in [-0.15, -0.1) is 0 Å². The number of benzene rings is 1. The average Bonchev–Trinajstić information content (AvgIpc) is 2.77. The zero-order valence-corrected chi connectivity index (χ0v) is 13.6. The molecule has 21 heavy (non-hydrogen) atoms. The van der Waals surface area contributed by atoms with Gasteiger partial charge >= 0.3 is 0 Å². The standard InChI is InChI=1S/C17H27N3O/c1-18-12-17-15(13-20(4)11-7-10-19(2)3)14-8-5-6-9-16(14)21-17/h5-6,8-9,18H,7,10-13H2,1-4H3. The summed E-state index contributed by atoms with van der Waals surface area (Å²) in [5.41, 5.74) is 2.30. The van der Waals surface area contributed by atoms with Crippen molar-refractivity contribution in [3.63, 3.8) is 0 Å². The molecule has 0 bridgehead atoms. The van der Waals surface area contributed by atoms with Crippen LogP contribution in [-0.4, -0.2) is 51.1 Å². The van der Waals surface area contributed by atoms with Crippen LogP contribution in [0.5, 0.6) is 0 Å². The lowest BCUT2D eigenvalue weighted by Gasteiger charge is -2.18. The first-order chi connectivity index (χ1) is 10.1. The number of rotatable bonds is 8. The van der Waals surface area contributed by atoms with Gasteiger partial charge in [0.25, 0.3) is 0 Å². The Balaban J connectivity index is 2.10. The van der Waals surface area contributed by atoms with E-state index in [2.05, 4.69) is 48.4 Å². The molecule has 1 aromatic carbocycles. The lowest BCUT2D eigenvalue weighted by molar-refractivity contribution is 0.293. The van der Waals surface area contributed by atoms with Gasteiger partial charge in [-0.05, 0) is 53.8 Å². The summed E-state index contributed by atoms with van der Waals surface area (Å²) in [6.07, 6.45) is 1.18. The third-order valence-electron chi connectivity index (χ3n) is 3.69.